The minimum absolute atomic E-state index is 0.0655. The second-order valence-corrected chi connectivity index (χ2v) is 8.40. The number of anilines is 1. The van der Waals surface area contributed by atoms with E-state index in [4.69, 9.17) is 4.42 Å². The Hall–Kier alpha value is -2.28. The Morgan fingerprint density at radius 2 is 1.89 bits per heavy atom. The summed E-state index contributed by atoms with van der Waals surface area (Å²) < 4.78 is 30.8. The van der Waals surface area contributed by atoms with Crippen molar-refractivity contribution in [3.8, 4) is 0 Å². The lowest BCUT2D eigenvalue weighted by Crippen LogP contribution is -2.32. The topological polar surface area (TPSA) is 79.6 Å². The highest BCUT2D eigenvalue weighted by Crippen LogP contribution is 2.19. The van der Waals surface area contributed by atoms with Crippen LogP contribution in [0.5, 0.6) is 0 Å². The molecule has 1 amide bonds. The fourth-order valence-electron chi connectivity index (χ4n) is 2.80. The van der Waals surface area contributed by atoms with Gasteiger partial charge in [-0.25, -0.2) is 8.42 Å². The fraction of sp³-hybridized carbons (Fsp3) is 0.450. The van der Waals surface area contributed by atoms with Crippen molar-refractivity contribution in [1.29, 1.82) is 0 Å². The molecule has 0 radical (unpaired) electrons. The molecule has 7 heteroatoms. The van der Waals surface area contributed by atoms with E-state index in [2.05, 4.69) is 12.2 Å². The van der Waals surface area contributed by atoms with E-state index in [1.165, 1.54) is 10.6 Å². The maximum atomic E-state index is 12.1. The van der Waals surface area contributed by atoms with Crippen molar-refractivity contribution in [3.05, 3.63) is 54.0 Å². The summed E-state index contributed by atoms with van der Waals surface area (Å²) in [7, 11) is -3.39. The zero-order valence-corrected chi connectivity index (χ0v) is 16.8. The van der Waals surface area contributed by atoms with E-state index in [0.717, 1.165) is 30.6 Å². The Bertz CT molecular complexity index is 799. The highest BCUT2D eigenvalue weighted by Gasteiger charge is 2.17. The van der Waals surface area contributed by atoms with Crippen molar-refractivity contribution < 1.29 is 17.6 Å². The van der Waals surface area contributed by atoms with Crippen LogP contribution in [-0.2, 0) is 27.7 Å². The Morgan fingerprint density at radius 1 is 1.15 bits per heavy atom. The van der Waals surface area contributed by atoms with E-state index in [-0.39, 0.29) is 12.5 Å². The number of carbonyl (C=O) groups excluding carboxylic acids is 1. The molecule has 0 aliphatic carbocycles. The molecule has 148 valence electrons. The van der Waals surface area contributed by atoms with E-state index in [0.29, 0.717) is 25.1 Å². The number of nitrogens with one attached hydrogen (secondary N) is 1. The molecule has 27 heavy (non-hydrogen) atoms. The molecule has 0 aliphatic rings. The highest BCUT2D eigenvalue weighted by atomic mass is 32.2. The molecule has 0 fully saturated rings. The van der Waals surface area contributed by atoms with E-state index < -0.39 is 10.0 Å². The predicted octanol–water partition coefficient (Wildman–Crippen LogP) is 3.14. The van der Waals surface area contributed by atoms with Gasteiger partial charge in [-0.05, 0) is 49.1 Å². The van der Waals surface area contributed by atoms with Crippen molar-refractivity contribution in [1.82, 2.24) is 5.32 Å². The summed E-state index contributed by atoms with van der Waals surface area (Å²) >= 11 is 0. The number of hydrogen-bond donors (Lipinski definition) is 1. The zero-order chi connectivity index (χ0) is 19.7. The van der Waals surface area contributed by atoms with Crippen LogP contribution in [-0.4, -0.2) is 33.7 Å². The summed E-state index contributed by atoms with van der Waals surface area (Å²) in [6.07, 6.45) is 6.07. The third-order valence-corrected chi connectivity index (χ3v) is 5.49. The number of benzene rings is 1. The molecule has 0 unspecified atom stereocenters. The molecule has 1 N–H and O–H groups in total. The molecular formula is C20H28N2O4S. The van der Waals surface area contributed by atoms with Crippen LogP contribution in [0.25, 0.3) is 0 Å². The number of amides is 1. The Labute approximate surface area is 161 Å². The van der Waals surface area contributed by atoms with Gasteiger partial charge in [0.15, 0.2) is 0 Å². The van der Waals surface area contributed by atoms with Crippen LogP contribution < -0.4 is 9.62 Å². The SMILES string of the molecule is CCc1ccc(N(CCCC(=O)NCCCc2ccco2)S(C)(=O)=O)cc1. The lowest BCUT2D eigenvalue weighted by atomic mass is 10.1. The maximum Gasteiger partial charge on any atom is 0.232 e. The van der Waals surface area contributed by atoms with Crippen LogP contribution in [0, 0.1) is 0 Å². The number of aryl methyl sites for hydroxylation is 2. The maximum absolute atomic E-state index is 12.1. The van der Waals surface area contributed by atoms with Crippen LogP contribution >= 0.6 is 0 Å². The van der Waals surface area contributed by atoms with Gasteiger partial charge in [0, 0.05) is 25.9 Å². The van der Waals surface area contributed by atoms with Crippen LogP contribution in [0.15, 0.2) is 47.1 Å². The summed E-state index contributed by atoms with van der Waals surface area (Å²) in [6.45, 7) is 2.91. The van der Waals surface area contributed by atoms with Crippen molar-refractivity contribution in [2.45, 2.75) is 39.0 Å². The average Bonchev–Trinajstić information content (AvgIpc) is 3.15. The van der Waals surface area contributed by atoms with Gasteiger partial charge in [0.25, 0.3) is 0 Å². The monoisotopic (exact) mass is 392 g/mol. The van der Waals surface area contributed by atoms with Gasteiger partial charge in [-0.3, -0.25) is 9.10 Å². The Morgan fingerprint density at radius 3 is 2.48 bits per heavy atom. The molecule has 0 saturated heterocycles. The molecule has 2 aromatic rings. The second-order valence-electron chi connectivity index (χ2n) is 6.49. The molecule has 2 rings (SSSR count). The van der Waals surface area contributed by atoms with Gasteiger partial charge in [-0.2, -0.15) is 0 Å². The molecule has 1 aromatic heterocycles. The number of rotatable bonds is 11. The van der Waals surface area contributed by atoms with Crippen LogP contribution in [0.1, 0.15) is 37.5 Å². The summed E-state index contributed by atoms with van der Waals surface area (Å²) in [5, 5.41) is 2.86. The van der Waals surface area contributed by atoms with Crippen molar-refractivity contribution in [2.75, 3.05) is 23.7 Å². The molecule has 0 aliphatic heterocycles. The minimum Gasteiger partial charge on any atom is -0.469 e. The minimum atomic E-state index is -3.39. The normalized spacial score (nSPS) is 11.3. The Kier molecular flexibility index (Phi) is 7.91. The summed E-state index contributed by atoms with van der Waals surface area (Å²) in [5.74, 6) is 0.839. The summed E-state index contributed by atoms with van der Waals surface area (Å²) in [4.78, 5) is 12.0. The van der Waals surface area contributed by atoms with Gasteiger partial charge >= 0.3 is 0 Å². The number of sulfonamides is 1. The Balaban J connectivity index is 1.76. The third-order valence-electron chi connectivity index (χ3n) is 4.30. The van der Waals surface area contributed by atoms with E-state index in [9.17, 15) is 13.2 Å². The van der Waals surface area contributed by atoms with Crippen LogP contribution in [0.4, 0.5) is 5.69 Å². The van der Waals surface area contributed by atoms with Crippen molar-refractivity contribution >= 4 is 21.6 Å². The largest absolute Gasteiger partial charge is 0.469 e. The zero-order valence-electron chi connectivity index (χ0n) is 16.0. The van der Waals surface area contributed by atoms with E-state index in [1.54, 1.807) is 6.26 Å². The quantitative estimate of drug-likeness (QED) is 0.596. The van der Waals surface area contributed by atoms with Gasteiger partial charge in [0.05, 0.1) is 18.2 Å². The molecule has 0 atom stereocenters. The first-order valence-electron chi connectivity index (χ1n) is 9.26. The number of hydrogen-bond acceptors (Lipinski definition) is 4. The highest BCUT2D eigenvalue weighted by molar-refractivity contribution is 7.92. The van der Waals surface area contributed by atoms with Crippen molar-refractivity contribution in [2.24, 2.45) is 0 Å². The first-order valence-corrected chi connectivity index (χ1v) is 11.1. The lowest BCUT2D eigenvalue weighted by molar-refractivity contribution is -0.121. The van der Waals surface area contributed by atoms with Gasteiger partial charge in [0.2, 0.25) is 15.9 Å². The fourth-order valence-corrected chi connectivity index (χ4v) is 3.77. The average molecular weight is 393 g/mol. The molecule has 1 aromatic carbocycles. The first-order chi connectivity index (χ1) is 12.9. The molecule has 0 saturated carbocycles. The van der Waals surface area contributed by atoms with Gasteiger partial charge < -0.3 is 9.73 Å². The van der Waals surface area contributed by atoms with Crippen LogP contribution in [0.3, 0.4) is 0 Å². The molecule has 1 heterocycles. The number of nitrogens with zero attached hydrogens (tertiary/aromatic N) is 1. The predicted molar refractivity (Wildman–Crippen MR) is 107 cm³/mol. The third kappa shape index (κ3) is 7.09. The second kappa shape index (κ2) is 10.2. The lowest BCUT2D eigenvalue weighted by Gasteiger charge is -2.22. The van der Waals surface area contributed by atoms with Gasteiger partial charge in [0.1, 0.15) is 5.76 Å². The van der Waals surface area contributed by atoms with Crippen molar-refractivity contribution in [3.63, 3.8) is 0 Å². The number of furan rings is 1. The molecule has 0 spiro atoms. The van der Waals surface area contributed by atoms with Gasteiger partial charge in [-0.1, -0.05) is 19.1 Å². The van der Waals surface area contributed by atoms with Gasteiger partial charge in [-0.15, -0.1) is 0 Å². The van der Waals surface area contributed by atoms with E-state index >= 15 is 0 Å². The first kappa shape index (κ1) is 21.0. The molecular weight excluding hydrogens is 364 g/mol. The summed E-state index contributed by atoms with van der Waals surface area (Å²) in [6, 6.07) is 11.2. The standard InChI is InChI=1S/C20H28N2O4S/c1-3-17-10-12-18(13-11-17)22(27(2,24)25)15-5-9-20(23)21-14-4-7-19-8-6-16-26-19/h6,8,10-13,16H,3-5,7,9,14-15H2,1-2H3,(H,21,23). The molecule has 6 nitrogen and oxygen atoms in total. The number of carbonyl (C=O) groups is 1. The molecule has 0 bridgehead atoms. The van der Waals surface area contributed by atoms with E-state index in [1.807, 2.05) is 36.4 Å². The van der Waals surface area contributed by atoms with Crippen LogP contribution in [0.2, 0.25) is 0 Å². The summed E-state index contributed by atoms with van der Waals surface area (Å²) in [5.41, 5.74) is 1.79. The smallest absolute Gasteiger partial charge is 0.232 e.